The molecule has 0 saturated carbocycles. The van der Waals surface area contributed by atoms with Crippen molar-refractivity contribution in [2.75, 3.05) is 13.8 Å². The predicted molar refractivity (Wildman–Crippen MR) is 66.5 cm³/mol. The molecule has 2 rings (SSSR count). The zero-order valence-electron chi connectivity index (χ0n) is 10.8. The van der Waals surface area contributed by atoms with Crippen LogP contribution in [0.25, 0.3) is 0 Å². The van der Waals surface area contributed by atoms with Crippen molar-refractivity contribution in [3.05, 3.63) is 35.9 Å². The molecule has 0 unspecified atom stereocenters. The molecule has 0 aliphatic carbocycles. The maximum atomic E-state index is 12.9. The second kappa shape index (κ2) is 6.63. The minimum absolute atomic E-state index is 0.424. The first-order chi connectivity index (χ1) is 9.24. The molecule has 0 bridgehead atoms. The Morgan fingerprint density at radius 3 is 2.74 bits per heavy atom. The molecule has 0 radical (unpaired) electrons. The topological polar surface area (TPSA) is 44.8 Å². The zero-order chi connectivity index (χ0) is 13.7. The van der Waals surface area contributed by atoms with Crippen LogP contribution in [-0.2, 0) is 14.2 Å². The highest BCUT2D eigenvalue weighted by Gasteiger charge is 2.34. The van der Waals surface area contributed by atoms with E-state index in [0.29, 0.717) is 18.4 Å². The predicted octanol–water partition coefficient (Wildman–Crippen LogP) is 2.33. The number of ether oxygens (including phenoxy) is 3. The maximum Gasteiger partial charge on any atom is 0.338 e. The second-order valence-electron chi connectivity index (χ2n) is 4.38. The van der Waals surface area contributed by atoms with Gasteiger partial charge in [0.2, 0.25) is 0 Å². The molecule has 1 aromatic rings. The van der Waals surface area contributed by atoms with E-state index in [2.05, 4.69) is 0 Å². The molecular formula is C14H17FO4. The third-order valence-electron chi connectivity index (χ3n) is 3.11. The number of benzene rings is 1. The molecule has 19 heavy (non-hydrogen) atoms. The third kappa shape index (κ3) is 3.52. The van der Waals surface area contributed by atoms with Crippen LogP contribution in [0.15, 0.2) is 30.3 Å². The Labute approximate surface area is 111 Å². The van der Waals surface area contributed by atoms with Crippen molar-refractivity contribution >= 4 is 5.97 Å². The first-order valence-corrected chi connectivity index (χ1v) is 6.25. The summed E-state index contributed by atoms with van der Waals surface area (Å²) in [5.41, 5.74) is 0.453. The normalized spacial score (nSPS) is 26.9. The highest BCUT2D eigenvalue weighted by molar-refractivity contribution is 5.89. The van der Waals surface area contributed by atoms with Crippen LogP contribution in [0.1, 0.15) is 23.2 Å². The van der Waals surface area contributed by atoms with Gasteiger partial charge in [-0.2, -0.15) is 0 Å². The van der Waals surface area contributed by atoms with Crippen molar-refractivity contribution in [2.45, 2.75) is 31.3 Å². The molecule has 1 aliphatic heterocycles. The van der Waals surface area contributed by atoms with Crippen molar-refractivity contribution in [3.63, 3.8) is 0 Å². The SMILES string of the molecule is CO[C@@H]1CC[C@@H](OC(=O)c2ccccc2)[C@H](CF)O1. The second-order valence-corrected chi connectivity index (χ2v) is 4.38. The van der Waals surface area contributed by atoms with Crippen LogP contribution in [0.4, 0.5) is 4.39 Å². The third-order valence-corrected chi connectivity index (χ3v) is 3.11. The van der Waals surface area contributed by atoms with Crippen LogP contribution < -0.4 is 0 Å². The van der Waals surface area contributed by atoms with E-state index in [0.717, 1.165) is 0 Å². The first-order valence-electron chi connectivity index (χ1n) is 6.25. The standard InChI is InChI=1S/C14H17FO4/c1-17-13-8-7-11(12(9-15)18-13)19-14(16)10-5-3-2-4-6-10/h2-6,11-13H,7-9H2,1H3/t11-,12+,13+/m1/s1. The molecule has 1 aliphatic rings. The molecule has 1 heterocycles. The highest BCUT2D eigenvalue weighted by Crippen LogP contribution is 2.24. The number of methoxy groups -OCH3 is 1. The molecule has 1 fully saturated rings. The summed E-state index contributed by atoms with van der Waals surface area (Å²) in [6, 6.07) is 8.64. The lowest BCUT2D eigenvalue weighted by molar-refractivity contribution is -0.214. The minimum atomic E-state index is -0.758. The van der Waals surface area contributed by atoms with Gasteiger partial charge in [0.1, 0.15) is 18.9 Å². The molecule has 0 aromatic heterocycles. The molecule has 104 valence electrons. The van der Waals surface area contributed by atoms with E-state index in [9.17, 15) is 9.18 Å². The van der Waals surface area contributed by atoms with Gasteiger partial charge in [-0.15, -0.1) is 0 Å². The molecule has 3 atom stereocenters. The van der Waals surface area contributed by atoms with Gasteiger partial charge in [-0.1, -0.05) is 18.2 Å². The number of esters is 1. The van der Waals surface area contributed by atoms with E-state index in [4.69, 9.17) is 14.2 Å². The van der Waals surface area contributed by atoms with Crippen molar-refractivity contribution in [2.24, 2.45) is 0 Å². The fourth-order valence-electron chi connectivity index (χ4n) is 2.06. The van der Waals surface area contributed by atoms with Gasteiger partial charge >= 0.3 is 5.97 Å². The first kappa shape index (κ1) is 14.0. The number of hydrogen-bond donors (Lipinski definition) is 0. The fraction of sp³-hybridized carbons (Fsp3) is 0.500. The van der Waals surface area contributed by atoms with Crippen LogP contribution in [0.2, 0.25) is 0 Å². The highest BCUT2D eigenvalue weighted by atomic mass is 19.1. The van der Waals surface area contributed by atoms with E-state index in [-0.39, 0.29) is 0 Å². The van der Waals surface area contributed by atoms with E-state index in [1.165, 1.54) is 7.11 Å². The average molecular weight is 268 g/mol. The summed E-state index contributed by atoms with van der Waals surface area (Å²) in [4.78, 5) is 11.9. The van der Waals surface area contributed by atoms with Crippen molar-refractivity contribution < 1.29 is 23.4 Å². The summed E-state index contributed by atoms with van der Waals surface area (Å²) >= 11 is 0. The summed E-state index contributed by atoms with van der Waals surface area (Å²) < 4.78 is 28.6. The van der Waals surface area contributed by atoms with Crippen LogP contribution >= 0.6 is 0 Å². The van der Waals surface area contributed by atoms with Gasteiger partial charge in [0.25, 0.3) is 0 Å². The minimum Gasteiger partial charge on any atom is -0.456 e. The van der Waals surface area contributed by atoms with Crippen LogP contribution in [-0.4, -0.2) is 38.3 Å². The van der Waals surface area contributed by atoms with Gasteiger partial charge < -0.3 is 14.2 Å². The van der Waals surface area contributed by atoms with Gasteiger partial charge in [-0.05, 0) is 18.6 Å². The van der Waals surface area contributed by atoms with Crippen LogP contribution in [0.5, 0.6) is 0 Å². The number of rotatable bonds is 4. The molecule has 1 aromatic carbocycles. The summed E-state index contributed by atoms with van der Waals surface area (Å²) in [6.45, 7) is -0.702. The lowest BCUT2D eigenvalue weighted by Crippen LogP contribution is -2.43. The summed E-state index contributed by atoms with van der Waals surface area (Å²) in [6.07, 6.45) is -0.631. The Kier molecular flexibility index (Phi) is 4.87. The van der Waals surface area contributed by atoms with E-state index < -0.39 is 31.1 Å². The molecule has 0 spiro atoms. The molecule has 1 saturated heterocycles. The number of carbonyl (C=O) groups is 1. The average Bonchev–Trinajstić information content (AvgIpc) is 2.48. The Morgan fingerprint density at radius 2 is 2.11 bits per heavy atom. The van der Waals surface area contributed by atoms with Gasteiger partial charge in [0.05, 0.1) is 5.56 Å². The van der Waals surface area contributed by atoms with Gasteiger partial charge in [0.15, 0.2) is 6.29 Å². The fourth-order valence-corrected chi connectivity index (χ4v) is 2.06. The number of carbonyl (C=O) groups excluding carboxylic acids is 1. The summed E-state index contributed by atoms with van der Waals surface area (Å²) in [7, 11) is 1.51. The van der Waals surface area contributed by atoms with Crippen molar-refractivity contribution in [1.82, 2.24) is 0 Å². The summed E-state index contributed by atoms with van der Waals surface area (Å²) in [5.74, 6) is -0.455. The largest absolute Gasteiger partial charge is 0.456 e. The van der Waals surface area contributed by atoms with Crippen LogP contribution in [0.3, 0.4) is 0 Å². The molecule has 4 nitrogen and oxygen atoms in total. The molecular weight excluding hydrogens is 251 g/mol. The lowest BCUT2D eigenvalue weighted by atomic mass is 10.1. The molecule has 0 amide bonds. The number of alkyl halides is 1. The van der Waals surface area contributed by atoms with Gasteiger partial charge in [-0.25, -0.2) is 9.18 Å². The Morgan fingerprint density at radius 1 is 1.37 bits per heavy atom. The smallest absolute Gasteiger partial charge is 0.338 e. The number of hydrogen-bond acceptors (Lipinski definition) is 4. The van der Waals surface area contributed by atoms with E-state index in [1.807, 2.05) is 6.07 Å². The Balaban J connectivity index is 1.96. The molecule has 5 heteroatoms. The maximum absolute atomic E-state index is 12.9. The van der Waals surface area contributed by atoms with Crippen molar-refractivity contribution in [3.8, 4) is 0 Å². The molecule has 0 N–H and O–H groups in total. The van der Waals surface area contributed by atoms with Gasteiger partial charge in [-0.3, -0.25) is 0 Å². The van der Waals surface area contributed by atoms with Crippen LogP contribution in [0, 0.1) is 0 Å². The number of halogens is 1. The zero-order valence-corrected chi connectivity index (χ0v) is 10.8. The van der Waals surface area contributed by atoms with Gasteiger partial charge in [0, 0.05) is 13.5 Å². The van der Waals surface area contributed by atoms with E-state index in [1.54, 1.807) is 24.3 Å². The summed E-state index contributed by atoms with van der Waals surface area (Å²) in [5, 5.41) is 0. The monoisotopic (exact) mass is 268 g/mol. The van der Waals surface area contributed by atoms with Crippen molar-refractivity contribution in [1.29, 1.82) is 0 Å². The van der Waals surface area contributed by atoms with E-state index >= 15 is 0 Å². The Hall–Kier alpha value is -1.46. The Bertz CT molecular complexity index is 409. The lowest BCUT2D eigenvalue weighted by Gasteiger charge is -2.33. The quantitative estimate of drug-likeness (QED) is 0.786.